The molecule has 1 saturated heterocycles. The molecular weight excluding hydrogens is 206 g/mol. The number of nitrogens with zero attached hydrogens (tertiary/aromatic N) is 2. The fourth-order valence-electron chi connectivity index (χ4n) is 2.10. The molecule has 0 bridgehead atoms. The van der Waals surface area contributed by atoms with Crippen LogP contribution in [-0.4, -0.2) is 20.6 Å². The van der Waals surface area contributed by atoms with Crippen molar-refractivity contribution in [2.75, 3.05) is 5.75 Å². The van der Waals surface area contributed by atoms with Crippen LogP contribution >= 0.6 is 11.8 Å². The summed E-state index contributed by atoms with van der Waals surface area (Å²) in [6, 6.07) is 0.102. The van der Waals surface area contributed by atoms with Crippen LogP contribution < -0.4 is 5.73 Å². The molecule has 15 heavy (non-hydrogen) atoms. The van der Waals surface area contributed by atoms with Gasteiger partial charge < -0.3 is 10.3 Å². The Kier molecular flexibility index (Phi) is 3.70. The third-order valence-electron chi connectivity index (χ3n) is 3.00. The van der Waals surface area contributed by atoms with E-state index in [1.807, 2.05) is 24.2 Å². The second-order valence-electron chi connectivity index (χ2n) is 4.00. The molecule has 2 N–H and O–H groups in total. The monoisotopic (exact) mass is 225 g/mol. The van der Waals surface area contributed by atoms with Gasteiger partial charge in [0.15, 0.2) is 0 Å². The van der Waals surface area contributed by atoms with E-state index in [1.54, 1.807) is 0 Å². The Labute approximate surface area is 95.4 Å². The number of rotatable bonds is 3. The maximum Gasteiger partial charge on any atom is 0.126 e. The zero-order valence-corrected chi connectivity index (χ0v) is 10.0. The first-order chi connectivity index (χ1) is 7.33. The van der Waals surface area contributed by atoms with Crippen LogP contribution in [0.5, 0.6) is 0 Å². The quantitative estimate of drug-likeness (QED) is 0.857. The van der Waals surface area contributed by atoms with Crippen molar-refractivity contribution < 1.29 is 0 Å². The Morgan fingerprint density at radius 1 is 1.67 bits per heavy atom. The highest BCUT2D eigenvalue weighted by Gasteiger charge is 2.25. The minimum Gasteiger partial charge on any atom is -0.334 e. The van der Waals surface area contributed by atoms with E-state index in [2.05, 4.69) is 16.5 Å². The molecule has 0 spiro atoms. The Morgan fingerprint density at radius 3 is 3.20 bits per heavy atom. The van der Waals surface area contributed by atoms with E-state index in [9.17, 15) is 0 Å². The highest BCUT2D eigenvalue weighted by molar-refractivity contribution is 8.00. The molecule has 1 aliphatic heterocycles. The lowest BCUT2D eigenvalue weighted by molar-refractivity contribution is 0.534. The summed E-state index contributed by atoms with van der Waals surface area (Å²) in [6.45, 7) is 3.09. The smallest absolute Gasteiger partial charge is 0.126 e. The van der Waals surface area contributed by atoms with Gasteiger partial charge in [0.2, 0.25) is 0 Å². The number of hydrogen-bond acceptors (Lipinski definition) is 3. The molecule has 1 aromatic heterocycles. The molecule has 0 radical (unpaired) electrons. The van der Waals surface area contributed by atoms with Gasteiger partial charge in [0.25, 0.3) is 0 Å². The van der Waals surface area contributed by atoms with Crippen molar-refractivity contribution in [3.8, 4) is 0 Å². The summed E-state index contributed by atoms with van der Waals surface area (Å²) in [5.41, 5.74) is 6.29. The van der Waals surface area contributed by atoms with E-state index in [-0.39, 0.29) is 6.04 Å². The van der Waals surface area contributed by atoms with Crippen LogP contribution in [-0.2, 0) is 6.54 Å². The fraction of sp³-hybridized carbons (Fsp3) is 0.727. The van der Waals surface area contributed by atoms with Crippen LogP contribution in [0.25, 0.3) is 0 Å². The van der Waals surface area contributed by atoms with E-state index in [1.165, 1.54) is 25.0 Å². The van der Waals surface area contributed by atoms with E-state index in [0.29, 0.717) is 5.25 Å². The van der Waals surface area contributed by atoms with E-state index < -0.39 is 0 Å². The lowest BCUT2D eigenvalue weighted by Crippen LogP contribution is -2.28. The van der Waals surface area contributed by atoms with Gasteiger partial charge in [-0.3, -0.25) is 0 Å². The van der Waals surface area contributed by atoms with Crippen molar-refractivity contribution >= 4 is 11.8 Å². The Balaban J connectivity index is 2.08. The zero-order chi connectivity index (χ0) is 10.7. The highest BCUT2D eigenvalue weighted by atomic mass is 32.2. The number of aryl methyl sites for hydroxylation is 1. The molecule has 0 amide bonds. The molecule has 1 aliphatic rings. The molecule has 2 unspecified atom stereocenters. The first-order valence-electron chi connectivity index (χ1n) is 5.71. The maximum absolute atomic E-state index is 6.29. The van der Waals surface area contributed by atoms with Gasteiger partial charge in [0.05, 0.1) is 6.04 Å². The molecular formula is C11H19N3S. The molecule has 2 atom stereocenters. The number of nitrogens with two attached hydrogens (primary N) is 1. The second kappa shape index (κ2) is 5.03. The third kappa shape index (κ3) is 2.37. The van der Waals surface area contributed by atoms with Crippen molar-refractivity contribution in [3.63, 3.8) is 0 Å². The maximum atomic E-state index is 6.29. The Bertz CT molecular complexity index is 305. The van der Waals surface area contributed by atoms with E-state index in [0.717, 1.165) is 12.4 Å². The van der Waals surface area contributed by atoms with Crippen LogP contribution in [0.4, 0.5) is 0 Å². The topological polar surface area (TPSA) is 43.8 Å². The van der Waals surface area contributed by atoms with Crippen molar-refractivity contribution in [2.45, 2.75) is 44.0 Å². The van der Waals surface area contributed by atoms with Crippen molar-refractivity contribution in [3.05, 3.63) is 18.2 Å². The molecule has 84 valence electrons. The third-order valence-corrected chi connectivity index (χ3v) is 4.48. The normalized spacial score (nSPS) is 24.0. The number of aromatic nitrogens is 2. The summed E-state index contributed by atoms with van der Waals surface area (Å²) in [6.07, 6.45) is 7.77. The number of thioether (sulfide) groups is 1. The fourth-order valence-corrected chi connectivity index (χ4v) is 3.44. The molecule has 0 saturated carbocycles. The predicted molar refractivity (Wildman–Crippen MR) is 64.9 cm³/mol. The summed E-state index contributed by atoms with van der Waals surface area (Å²) < 4.78 is 2.15. The first-order valence-corrected chi connectivity index (χ1v) is 6.76. The van der Waals surface area contributed by atoms with Gasteiger partial charge >= 0.3 is 0 Å². The first kappa shape index (κ1) is 11.0. The molecule has 4 heteroatoms. The van der Waals surface area contributed by atoms with Gasteiger partial charge in [0.1, 0.15) is 5.82 Å². The average Bonchev–Trinajstić information content (AvgIpc) is 2.77. The molecule has 2 heterocycles. The lowest BCUT2D eigenvalue weighted by atomic mass is 10.1. The van der Waals surface area contributed by atoms with Crippen LogP contribution in [0, 0.1) is 0 Å². The number of imidazole rings is 1. The second-order valence-corrected chi connectivity index (χ2v) is 5.35. The molecule has 3 nitrogen and oxygen atoms in total. The Morgan fingerprint density at radius 2 is 2.53 bits per heavy atom. The predicted octanol–water partition coefficient (Wildman–Crippen LogP) is 2.19. The van der Waals surface area contributed by atoms with Crippen molar-refractivity contribution in [1.82, 2.24) is 9.55 Å². The van der Waals surface area contributed by atoms with Gasteiger partial charge in [-0.15, -0.1) is 0 Å². The summed E-state index contributed by atoms with van der Waals surface area (Å²) in [5.74, 6) is 2.31. The van der Waals surface area contributed by atoms with Crippen molar-refractivity contribution in [2.24, 2.45) is 5.73 Å². The summed E-state index contributed by atoms with van der Waals surface area (Å²) in [7, 11) is 0. The molecule has 0 aromatic carbocycles. The zero-order valence-electron chi connectivity index (χ0n) is 9.22. The SMILES string of the molecule is CCn1ccnc1C(N)C1CCCCS1. The van der Waals surface area contributed by atoms with Gasteiger partial charge in [-0.05, 0) is 25.5 Å². The van der Waals surface area contributed by atoms with E-state index in [4.69, 9.17) is 5.73 Å². The number of hydrogen-bond donors (Lipinski definition) is 1. The van der Waals surface area contributed by atoms with Gasteiger partial charge in [0, 0.05) is 24.2 Å². The summed E-state index contributed by atoms with van der Waals surface area (Å²) in [4.78, 5) is 4.39. The minimum absolute atomic E-state index is 0.102. The van der Waals surface area contributed by atoms with Gasteiger partial charge in [-0.2, -0.15) is 11.8 Å². The molecule has 1 aromatic rings. The largest absolute Gasteiger partial charge is 0.334 e. The Hall–Kier alpha value is -0.480. The van der Waals surface area contributed by atoms with E-state index >= 15 is 0 Å². The molecule has 1 fully saturated rings. The summed E-state index contributed by atoms with van der Waals surface area (Å²) in [5, 5.41) is 0.562. The van der Waals surface area contributed by atoms with Crippen LogP contribution in [0.1, 0.15) is 38.1 Å². The minimum atomic E-state index is 0.102. The van der Waals surface area contributed by atoms with Gasteiger partial charge in [-0.1, -0.05) is 6.42 Å². The van der Waals surface area contributed by atoms with Crippen LogP contribution in [0.3, 0.4) is 0 Å². The van der Waals surface area contributed by atoms with Crippen LogP contribution in [0.2, 0.25) is 0 Å². The lowest BCUT2D eigenvalue weighted by Gasteiger charge is -2.26. The highest BCUT2D eigenvalue weighted by Crippen LogP contribution is 2.32. The molecule has 2 rings (SSSR count). The summed E-state index contributed by atoms with van der Waals surface area (Å²) >= 11 is 2.01. The standard InChI is InChI=1S/C11H19N3S/c1-2-14-7-6-13-11(14)10(12)9-5-3-4-8-15-9/h6-7,9-10H,2-5,8,12H2,1H3. The average molecular weight is 225 g/mol. The molecule has 0 aliphatic carbocycles. The van der Waals surface area contributed by atoms with Crippen LogP contribution in [0.15, 0.2) is 12.4 Å². The van der Waals surface area contributed by atoms with Gasteiger partial charge in [-0.25, -0.2) is 4.98 Å². The van der Waals surface area contributed by atoms with Crippen molar-refractivity contribution in [1.29, 1.82) is 0 Å².